The van der Waals surface area contributed by atoms with Crippen LogP contribution < -0.4 is 16.8 Å². The highest BCUT2D eigenvalue weighted by Gasteiger charge is 2.56. The first-order valence-corrected chi connectivity index (χ1v) is 12.0. The van der Waals surface area contributed by atoms with E-state index in [1.165, 1.54) is 11.8 Å². The molecule has 2 aliphatic rings. The normalized spacial score (nSPS) is 25.5. The molecule has 7 nitrogen and oxygen atoms in total. The molecule has 5 N–H and O–H groups in total. The van der Waals surface area contributed by atoms with Gasteiger partial charge in [0.15, 0.2) is 10.8 Å². The number of rotatable bonds is 3. The lowest BCUT2D eigenvalue weighted by Crippen LogP contribution is -2.56. The molecule has 0 radical (unpaired) electrons. The van der Waals surface area contributed by atoms with Crippen LogP contribution in [0.4, 0.5) is 5.82 Å². The van der Waals surface area contributed by atoms with Crippen LogP contribution in [0.3, 0.4) is 0 Å². The Morgan fingerprint density at radius 1 is 1.19 bits per heavy atom. The minimum absolute atomic E-state index is 0.157. The van der Waals surface area contributed by atoms with E-state index in [-0.39, 0.29) is 22.0 Å². The van der Waals surface area contributed by atoms with Crippen LogP contribution in [-0.4, -0.2) is 38.0 Å². The van der Waals surface area contributed by atoms with E-state index in [1.54, 1.807) is 12.3 Å². The number of nitrogens with one attached hydrogen (secondary N) is 1. The van der Waals surface area contributed by atoms with Crippen molar-refractivity contribution < 1.29 is 0 Å². The average molecular weight is 478 g/mol. The van der Waals surface area contributed by atoms with E-state index in [1.807, 2.05) is 12.4 Å². The second kappa shape index (κ2) is 7.78. The first-order valence-electron chi connectivity index (χ1n) is 10.4. The SMILES string of the molecule is CC1(N)C(c2ncc(Sc3cc(N)nc(Cl)c3Cl)c3nccn23)CCC12CCNCC2. The number of hydrogen-bond acceptors (Lipinski definition) is 7. The van der Waals surface area contributed by atoms with Gasteiger partial charge in [0.05, 0.1) is 9.92 Å². The van der Waals surface area contributed by atoms with Crippen molar-refractivity contribution in [3.8, 4) is 0 Å². The lowest BCUT2D eigenvalue weighted by molar-refractivity contribution is 0.110. The largest absolute Gasteiger partial charge is 0.384 e. The zero-order valence-corrected chi connectivity index (χ0v) is 19.6. The summed E-state index contributed by atoms with van der Waals surface area (Å²) in [7, 11) is 0. The molecule has 31 heavy (non-hydrogen) atoms. The van der Waals surface area contributed by atoms with Gasteiger partial charge in [-0.1, -0.05) is 35.0 Å². The van der Waals surface area contributed by atoms with Gasteiger partial charge in [-0.05, 0) is 57.2 Å². The monoisotopic (exact) mass is 477 g/mol. The van der Waals surface area contributed by atoms with Gasteiger partial charge in [0.25, 0.3) is 0 Å². The molecule has 0 aromatic carbocycles. The Kier molecular flexibility index (Phi) is 5.34. The van der Waals surface area contributed by atoms with Crippen molar-refractivity contribution in [3.63, 3.8) is 0 Å². The fourth-order valence-corrected chi connectivity index (χ4v) is 6.80. The van der Waals surface area contributed by atoms with Gasteiger partial charge < -0.3 is 16.8 Å². The van der Waals surface area contributed by atoms with E-state index in [9.17, 15) is 0 Å². The maximum Gasteiger partial charge on any atom is 0.153 e. The van der Waals surface area contributed by atoms with E-state index < -0.39 is 0 Å². The second-order valence-electron chi connectivity index (χ2n) is 8.76. The summed E-state index contributed by atoms with van der Waals surface area (Å²) < 4.78 is 2.07. The van der Waals surface area contributed by atoms with Crippen LogP contribution in [0.5, 0.6) is 0 Å². The molecular formula is C21H25Cl2N7S. The van der Waals surface area contributed by atoms with Gasteiger partial charge in [0.1, 0.15) is 11.6 Å². The molecule has 5 rings (SSSR count). The maximum absolute atomic E-state index is 7.08. The van der Waals surface area contributed by atoms with E-state index in [2.05, 4.69) is 26.6 Å². The molecule has 2 atom stereocenters. The number of hydrogen-bond donors (Lipinski definition) is 3. The molecule has 4 heterocycles. The van der Waals surface area contributed by atoms with E-state index in [0.717, 1.165) is 60.0 Å². The van der Waals surface area contributed by atoms with Crippen molar-refractivity contribution in [2.75, 3.05) is 18.8 Å². The smallest absolute Gasteiger partial charge is 0.153 e. The number of imidazole rings is 1. The van der Waals surface area contributed by atoms with E-state index in [4.69, 9.17) is 39.7 Å². The topological polar surface area (TPSA) is 107 Å². The predicted octanol–water partition coefficient (Wildman–Crippen LogP) is 4.13. The fourth-order valence-electron chi connectivity index (χ4n) is 5.38. The molecular weight excluding hydrogens is 453 g/mol. The van der Waals surface area contributed by atoms with Crippen molar-refractivity contribution in [1.29, 1.82) is 0 Å². The van der Waals surface area contributed by atoms with Gasteiger partial charge in [0.2, 0.25) is 0 Å². The molecule has 2 fully saturated rings. The van der Waals surface area contributed by atoms with Gasteiger partial charge in [-0.15, -0.1) is 0 Å². The zero-order chi connectivity index (χ0) is 21.8. The summed E-state index contributed by atoms with van der Waals surface area (Å²) in [6.07, 6.45) is 9.99. The molecule has 3 aromatic rings. The Morgan fingerprint density at radius 3 is 2.74 bits per heavy atom. The average Bonchev–Trinajstić information content (AvgIpc) is 3.32. The van der Waals surface area contributed by atoms with Gasteiger partial charge >= 0.3 is 0 Å². The number of anilines is 1. The van der Waals surface area contributed by atoms with Gasteiger partial charge in [-0.25, -0.2) is 15.0 Å². The number of piperidine rings is 1. The number of pyridine rings is 1. The number of fused-ring (bicyclic) bond motifs is 1. The highest BCUT2D eigenvalue weighted by molar-refractivity contribution is 7.99. The molecule has 1 spiro atoms. The van der Waals surface area contributed by atoms with Crippen LogP contribution in [0.1, 0.15) is 44.3 Å². The van der Waals surface area contributed by atoms with Crippen LogP contribution in [0, 0.1) is 5.41 Å². The number of halogens is 2. The molecule has 164 valence electrons. The summed E-state index contributed by atoms with van der Waals surface area (Å²) in [5.74, 6) is 1.45. The van der Waals surface area contributed by atoms with Crippen molar-refractivity contribution in [3.05, 3.63) is 40.7 Å². The quantitative estimate of drug-likeness (QED) is 0.486. The maximum atomic E-state index is 7.08. The van der Waals surface area contributed by atoms with Crippen molar-refractivity contribution >= 4 is 46.4 Å². The number of aromatic nitrogens is 4. The lowest BCUT2D eigenvalue weighted by Gasteiger charge is -2.46. The standard InChI is InChI=1S/C21H25Cl2N7S/c1-20(25)12(2-3-21(20)4-6-26-7-5-21)18-28-11-14(19-27-8-9-30(18)19)31-13-10-15(24)29-17(23)16(13)22/h8-12,26H,2-7,25H2,1H3,(H2,24,29). The fraction of sp³-hybridized carbons (Fsp3) is 0.476. The van der Waals surface area contributed by atoms with Gasteiger partial charge in [-0.3, -0.25) is 4.40 Å². The number of nitrogens with zero attached hydrogens (tertiary/aromatic N) is 4. The third kappa shape index (κ3) is 3.40. The second-order valence-corrected chi connectivity index (χ2v) is 10.6. The number of nitrogen functional groups attached to an aromatic ring is 1. The molecule has 0 bridgehead atoms. The van der Waals surface area contributed by atoms with Gasteiger partial charge in [0, 0.05) is 34.9 Å². The highest BCUT2D eigenvalue weighted by Crippen LogP contribution is 2.56. The van der Waals surface area contributed by atoms with Crippen LogP contribution in [0.25, 0.3) is 5.65 Å². The molecule has 1 saturated carbocycles. The van der Waals surface area contributed by atoms with Gasteiger partial charge in [-0.2, -0.15) is 0 Å². The summed E-state index contributed by atoms with van der Waals surface area (Å²) in [4.78, 5) is 15.1. The minimum atomic E-state index is -0.329. The van der Waals surface area contributed by atoms with Crippen molar-refractivity contribution in [2.24, 2.45) is 11.1 Å². The molecule has 10 heteroatoms. The van der Waals surface area contributed by atoms with E-state index in [0.29, 0.717) is 10.8 Å². The summed E-state index contributed by atoms with van der Waals surface area (Å²) in [5, 5.41) is 4.03. The minimum Gasteiger partial charge on any atom is -0.384 e. The highest BCUT2D eigenvalue weighted by atomic mass is 35.5. The Balaban J connectivity index is 1.53. The third-order valence-electron chi connectivity index (χ3n) is 7.20. The number of nitrogens with two attached hydrogens (primary N) is 2. The lowest BCUT2D eigenvalue weighted by atomic mass is 9.65. The first-order chi connectivity index (χ1) is 14.8. The summed E-state index contributed by atoms with van der Waals surface area (Å²) in [5.41, 5.74) is 13.6. The van der Waals surface area contributed by atoms with Crippen LogP contribution in [-0.2, 0) is 0 Å². The third-order valence-corrected chi connectivity index (χ3v) is 9.11. The Bertz CT molecular complexity index is 1140. The van der Waals surface area contributed by atoms with Crippen LogP contribution >= 0.6 is 35.0 Å². The molecule has 1 aliphatic carbocycles. The van der Waals surface area contributed by atoms with Crippen molar-refractivity contribution in [1.82, 2.24) is 24.7 Å². The van der Waals surface area contributed by atoms with Crippen LogP contribution in [0.15, 0.2) is 34.4 Å². The first kappa shape index (κ1) is 21.3. The molecule has 1 saturated heterocycles. The summed E-state index contributed by atoms with van der Waals surface area (Å²) >= 11 is 13.9. The Morgan fingerprint density at radius 2 is 1.97 bits per heavy atom. The molecule has 1 aliphatic heterocycles. The molecule has 2 unspecified atom stereocenters. The molecule has 0 amide bonds. The van der Waals surface area contributed by atoms with Crippen molar-refractivity contribution in [2.45, 2.75) is 53.9 Å². The van der Waals surface area contributed by atoms with Crippen LogP contribution in [0.2, 0.25) is 10.2 Å². The Labute approximate surface area is 195 Å². The predicted molar refractivity (Wildman–Crippen MR) is 125 cm³/mol. The molecule has 3 aromatic heterocycles. The Hall–Kier alpha value is -1.58. The summed E-state index contributed by atoms with van der Waals surface area (Å²) in [6, 6.07) is 1.71. The summed E-state index contributed by atoms with van der Waals surface area (Å²) in [6.45, 7) is 4.27. The zero-order valence-electron chi connectivity index (χ0n) is 17.2. The van der Waals surface area contributed by atoms with E-state index >= 15 is 0 Å².